The maximum Gasteiger partial charge on any atom is 0.0594 e. The van der Waals surface area contributed by atoms with E-state index < -0.39 is 0 Å². The normalized spacial score (nSPS) is 11.0. The van der Waals surface area contributed by atoms with Crippen molar-refractivity contribution in [2.45, 2.75) is 13.5 Å². The lowest BCUT2D eigenvalue weighted by Crippen LogP contribution is -2.24. The number of hydrogen-bond donors (Lipinski definition) is 1. The molecule has 2 N–H and O–H groups in total. The Morgan fingerprint density at radius 1 is 1.38 bits per heavy atom. The maximum absolute atomic E-state index is 5.34. The van der Waals surface area contributed by atoms with Crippen LogP contribution in [0.25, 0.3) is 0 Å². The van der Waals surface area contributed by atoms with E-state index in [1.807, 2.05) is 25.1 Å². The zero-order valence-electron chi connectivity index (χ0n) is 10.1. The molecular formula is C12H21N3O. The minimum absolute atomic E-state index is 0.586. The Balaban J connectivity index is 2.25. The molecule has 1 rings (SSSR count). The number of aryl methyl sites for hydroxylation is 1. The van der Waals surface area contributed by atoms with Crippen molar-refractivity contribution in [3.8, 4) is 0 Å². The number of likely N-dealkylation sites (N-methyl/N-ethyl adjacent to an activating group) is 1. The smallest absolute Gasteiger partial charge is 0.0594 e. The van der Waals surface area contributed by atoms with Crippen LogP contribution >= 0.6 is 0 Å². The summed E-state index contributed by atoms with van der Waals surface area (Å²) in [5.41, 5.74) is 7.50. The van der Waals surface area contributed by atoms with Gasteiger partial charge in [0, 0.05) is 25.3 Å². The van der Waals surface area contributed by atoms with Crippen LogP contribution in [-0.4, -0.2) is 43.2 Å². The van der Waals surface area contributed by atoms with Crippen molar-refractivity contribution < 1.29 is 4.74 Å². The molecule has 0 aliphatic rings. The van der Waals surface area contributed by atoms with Crippen LogP contribution in [-0.2, 0) is 11.3 Å². The van der Waals surface area contributed by atoms with Crippen molar-refractivity contribution in [2.24, 2.45) is 5.73 Å². The summed E-state index contributed by atoms with van der Waals surface area (Å²) in [6, 6.07) is 6.09. The Labute approximate surface area is 97.4 Å². The standard InChI is InChI=1S/C12H21N3O/c1-11-4-3-5-12(14-11)10-15(2)7-9-16-8-6-13/h3-5H,6-10,13H2,1-2H3. The lowest BCUT2D eigenvalue weighted by atomic mass is 10.3. The first-order valence-electron chi connectivity index (χ1n) is 5.61. The van der Waals surface area contributed by atoms with E-state index in [-0.39, 0.29) is 0 Å². The van der Waals surface area contributed by atoms with Crippen LogP contribution in [0.15, 0.2) is 18.2 Å². The number of aromatic nitrogens is 1. The lowest BCUT2D eigenvalue weighted by molar-refractivity contribution is 0.115. The molecule has 1 aromatic rings. The van der Waals surface area contributed by atoms with Crippen molar-refractivity contribution in [1.29, 1.82) is 0 Å². The number of rotatable bonds is 7. The molecule has 0 amide bonds. The number of nitrogens with zero attached hydrogens (tertiary/aromatic N) is 2. The molecule has 4 nitrogen and oxygen atoms in total. The fourth-order valence-electron chi connectivity index (χ4n) is 1.45. The molecule has 0 aliphatic heterocycles. The van der Waals surface area contributed by atoms with Gasteiger partial charge in [-0.1, -0.05) is 6.07 Å². The lowest BCUT2D eigenvalue weighted by Gasteiger charge is -2.16. The second-order valence-electron chi connectivity index (χ2n) is 3.91. The first kappa shape index (κ1) is 13.1. The van der Waals surface area contributed by atoms with Gasteiger partial charge >= 0.3 is 0 Å². The van der Waals surface area contributed by atoms with Gasteiger partial charge in [-0.2, -0.15) is 0 Å². The average molecular weight is 223 g/mol. The quantitative estimate of drug-likeness (QED) is 0.695. The summed E-state index contributed by atoms with van der Waals surface area (Å²) in [6.07, 6.45) is 0. The highest BCUT2D eigenvalue weighted by Crippen LogP contribution is 2.01. The summed E-state index contributed by atoms with van der Waals surface area (Å²) >= 11 is 0. The molecule has 0 spiro atoms. The molecule has 0 aliphatic carbocycles. The summed E-state index contributed by atoms with van der Waals surface area (Å²) in [4.78, 5) is 6.65. The van der Waals surface area contributed by atoms with Crippen LogP contribution in [0.3, 0.4) is 0 Å². The first-order chi connectivity index (χ1) is 7.72. The Kier molecular flexibility index (Phi) is 6.00. The van der Waals surface area contributed by atoms with E-state index in [9.17, 15) is 0 Å². The SMILES string of the molecule is Cc1cccc(CN(C)CCOCCN)n1. The molecule has 1 heterocycles. The van der Waals surface area contributed by atoms with E-state index >= 15 is 0 Å². The number of pyridine rings is 1. The molecule has 0 bridgehead atoms. The third-order valence-electron chi connectivity index (χ3n) is 2.26. The monoisotopic (exact) mass is 223 g/mol. The topological polar surface area (TPSA) is 51.4 Å². The Morgan fingerprint density at radius 3 is 2.88 bits per heavy atom. The van der Waals surface area contributed by atoms with E-state index in [0.717, 1.165) is 31.1 Å². The van der Waals surface area contributed by atoms with E-state index in [4.69, 9.17) is 10.5 Å². The van der Waals surface area contributed by atoms with Crippen molar-refractivity contribution in [2.75, 3.05) is 33.4 Å². The van der Waals surface area contributed by atoms with Gasteiger partial charge in [0.25, 0.3) is 0 Å². The van der Waals surface area contributed by atoms with E-state index in [0.29, 0.717) is 13.2 Å². The zero-order valence-corrected chi connectivity index (χ0v) is 10.1. The predicted molar refractivity (Wildman–Crippen MR) is 65.2 cm³/mol. The third kappa shape index (κ3) is 5.21. The van der Waals surface area contributed by atoms with Gasteiger partial charge in [0.15, 0.2) is 0 Å². The highest BCUT2D eigenvalue weighted by Gasteiger charge is 2.01. The van der Waals surface area contributed by atoms with Gasteiger partial charge in [0.05, 0.1) is 18.9 Å². The van der Waals surface area contributed by atoms with Crippen LogP contribution in [0.5, 0.6) is 0 Å². The maximum atomic E-state index is 5.34. The van der Waals surface area contributed by atoms with Gasteiger partial charge in [0.1, 0.15) is 0 Å². The second kappa shape index (κ2) is 7.33. The van der Waals surface area contributed by atoms with E-state index in [2.05, 4.69) is 16.9 Å². The van der Waals surface area contributed by atoms with Gasteiger partial charge in [-0.05, 0) is 26.1 Å². The molecule has 1 aromatic heterocycles. The average Bonchev–Trinajstić information content (AvgIpc) is 2.24. The van der Waals surface area contributed by atoms with Crippen LogP contribution in [0, 0.1) is 6.92 Å². The van der Waals surface area contributed by atoms with Crippen LogP contribution < -0.4 is 5.73 Å². The summed E-state index contributed by atoms with van der Waals surface area (Å²) < 4.78 is 5.33. The van der Waals surface area contributed by atoms with Gasteiger partial charge in [-0.3, -0.25) is 9.88 Å². The molecule has 0 unspecified atom stereocenters. The fourth-order valence-corrected chi connectivity index (χ4v) is 1.45. The zero-order chi connectivity index (χ0) is 11.8. The van der Waals surface area contributed by atoms with Crippen molar-refractivity contribution >= 4 is 0 Å². The highest BCUT2D eigenvalue weighted by atomic mass is 16.5. The van der Waals surface area contributed by atoms with E-state index in [1.165, 1.54) is 0 Å². The van der Waals surface area contributed by atoms with E-state index in [1.54, 1.807) is 0 Å². The molecule has 0 aromatic carbocycles. The molecule has 90 valence electrons. The third-order valence-corrected chi connectivity index (χ3v) is 2.26. The molecule has 4 heteroatoms. The second-order valence-corrected chi connectivity index (χ2v) is 3.91. The van der Waals surface area contributed by atoms with Gasteiger partial charge in [-0.25, -0.2) is 0 Å². The summed E-state index contributed by atoms with van der Waals surface area (Å²) in [5, 5.41) is 0. The molecule has 0 saturated heterocycles. The molecule has 16 heavy (non-hydrogen) atoms. The largest absolute Gasteiger partial charge is 0.379 e. The summed E-state index contributed by atoms with van der Waals surface area (Å²) in [7, 11) is 2.07. The fraction of sp³-hybridized carbons (Fsp3) is 0.583. The molecule has 0 saturated carbocycles. The number of nitrogens with two attached hydrogens (primary N) is 1. The summed E-state index contributed by atoms with van der Waals surface area (Å²) in [6.45, 7) is 5.70. The Bertz CT molecular complexity index is 304. The van der Waals surface area contributed by atoms with Crippen molar-refractivity contribution in [1.82, 2.24) is 9.88 Å². The number of hydrogen-bond acceptors (Lipinski definition) is 4. The minimum Gasteiger partial charge on any atom is -0.379 e. The Hall–Kier alpha value is -0.970. The number of ether oxygens (including phenoxy) is 1. The summed E-state index contributed by atoms with van der Waals surface area (Å²) in [5.74, 6) is 0. The highest BCUT2D eigenvalue weighted by molar-refractivity contribution is 5.09. The van der Waals surface area contributed by atoms with Crippen LogP contribution in [0.2, 0.25) is 0 Å². The molecule has 0 radical (unpaired) electrons. The van der Waals surface area contributed by atoms with Gasteiger partial charge in [-0.15, -0.1) is 0 Å². The molecule has 0 fully saturated rings. The molecular weight excluding hydrogens is 202 g/mol. The first-order valence-corrected chi connectivity index (χ1v) is 5.61. The van der Waals surface area contributed by atoms with Crippen LogP contribution in [0.1, 0.15) is 11.4 Å². The predicted octanol–water partition coefficient (Wildman–Crippen LogP) is 0.797. The van der Waals surface area contributed by atoms with Crippen molar-refractivity contribution in [3.05, 3.63) is 29.6 Å². The Morgan fingerprint density at radius 2 is 2.19 bits per heavy atom. The van der Waals surface area contributed by atoms with Gasteiger partial charge < -0.3 is 10.5 Å². The van der Waals surface area contributed by atoms with Crippen LogP contribution in [0.4, 0.5) is 0 Å². The minimum atomic E-state index is 0.586. The van der Waals surface area contributed by atoms with Crippen molar-refractivity contribution in [3.63, 3.8) is 0 Å². The van der Waals surface area contributed by atoms with Gasteiger partial charge in [0.2, 0.25) is 0 Å². The molecule has 0 atom stereocenters.